The topological polar surface area (TPSA) is 78.2 Å². The molecule has 1 aromatic rings. The van der Waals surface area contributed by atoms with Crippen LogP contribution < -0.4 is 0 Å². The van der Waals surface area contributed by atoms with Gasteiger partial charge in [0.2, 0.25) is 0 Å². The van der Waals surface area contributed by atoms with E-state index in [4.69, 9.17) is 21.1 Å². The minimum atomic E-state index is -3.85. The van der Waals surface area contributed by atoms with E-state index in [1.807, 2.05) is 6.07 Å². The van der Waals surface area contributed by atoms with Crippen molar-refractivity contribution in [3.8, 4) is 6.07 Å². The van der Waals surface area contributed by atoms with E-state index < -0.39 is 9.05 Å². The lowest BCUT2D eigenvalue weighted by molar-refractivity contribution is 0.280. The third-order valence-corrected chi connectivity index (χ3v) is 3.69. The Morgan fingerprint density at radius 2 is 2.06 bits per heavy atom. The van der Waals surface area contributed by atoms with Crippen molar-refractivity contribution in [1.82, 2.24) is 0 Å². The predicted octanol–water partition coefficient (Wildman–Crippen LogP) is 1.54. The lowest BCUT2D eigenvalue weighted by Gasteiger charge is -2.11. The van der Waals surface area contributed by atoms with E-state index >= 15 is 0 Å². The normalized spacial score (nSPS) is 11.1. The Hall–Kier alpha value is -1.09. The monoisotopic (exact) mass is 259 g/mol. The number of aliphatic hydroxyl groups is 1. The Morgan fingerprint density at radius 1 is 1.44 bits per heavy atom. The first-order valence-corrected chi connectivity index (χ1v) is 6.87. The van der Waals surface area contributed by atoms with E-state index in [2.05, 4.69) is 0 Å². The van der Waals surface area contributed by atoms with Crippen LogP contribution >= 0.6 is 10.7 Å². The summed E-state index contributed by atoms with van der Waals surface area (Å²) in [6.45, 7) is 1.35. The van der Waals surface area contributed by atoms with Crippen LogP contribution in [0.4, 0.5) is 0 Å². The molecule has 0 atom stereocenters. The third kappa shape index (κ3) is 2.35. The molecule has 0 bridgehead atoms. The first-order chi connectivity index (χ1) is 7.45. The number of rotatable bonds is 3. The van der Waals surface area contributed by atoms with Gasteiger partial charge < -0.3 is 5.11 Å². The highest BCUT2D eigenvalue weighted by molar-refractivity contribution is 8.13. The van der Waals surface area contributed by atoms with Crippen molar-refractivity contribution in [3.05, 3.63) is 28.8 Å². The van der Waals surface area contributed by atoms with Crippen LogP contribution in [0.2, 0.25) is 0 Å². The van der Waals surface area contributed by atoms with Crippen molar-refractivity contribution >= 4 is 19.7 Å². The molecule has 0 spiro atoms. The van der Waals surface area contributed by atoms with Gasteiger partial charge in [0.1, 0.15) is 0 Å². The van der Waals surface area contributed by atoms with Gasteiger partial charge in [-0.05, 0) is 29.7 Å². The lowest BCUT2D eigenvalue weighted by atomic mass is 10.0. The summed E-state index contributed by atoms with van der Waals surface area (Å²) in [6, 6.07) is 4.54. The Kier molecular flexibility index (Phi) is 3.92. The van der Waals surface area contributed by atoms with Crippen LogP contribution in [0.3, 0.4) is 0 Å². The van der Waals surface area contributed by atoms with E-state index in [0.29, 0.717) is 17.5 Å². The Bertz CT molecular complexity index is 546. The second-order valence-corrected chi connectivity index (χ2v) is 5.66. The number of nitriles is 1. The van der Waals surface area contributed by atoms with Crippen LogP contribution in [0.5, 0.6) is 0 Å². The zero-order chi connectivity index (χ0) is 12.3. The molecule has 0 aromatic heterocycles. The number of benzene rings is 1. The quantitative estimate of drug-likeness (QED) is 0.835. The lowest BCUT2D eigenvalue weighted by Crippen LogP contribution is -2.04. The van der Waals surface area contributed by atoms with Gasteiger partial charge in [0.15, 0.2) is 0 Å². The molecule has 1 N–H and O–H groups in total. The van der Waals surface area contributed by atoms with Crippen LogP contribution in [-0.4, -0.2) is 13.5 Å². The van der Waals surface area contributed by atoms with Crippen molar-refractivity contribution in [2.24, 2.45) is 0 Å². The van der Waals surface area contributed by atoms with Crippen LogP contribution in [0, 0.1) is 11.3 Å². The van der Waals surface area contributed by atoms with Crippen molar-refractivity contribution in [1.29, 1.82) is 5.26 Å². The highest BCUT2D eigenvalue weighted by Gasteiger charge is 2.19. The smallest absolute Gasteiger partial charge is 0.261 e. The fraction of sp³-hybridized carbons (Fsp3) is 0.300. The van der Waals surface area contributed by atoms with Gasteiger partial charge in [-0.1, -0.05) is 6.92 Å². The Balaban J connectivity index is 3.64. The molecule has 1 rings (SSSR count). The second-order valence-electron chi connectivity index (χ2n) is 3.13. The molecule has 0 fully saturated rings. The van der Waals surface area contributed by atoms with E-state index in [9.17, 15) is 8.42 Å². The van der Waals surface area contributed by atoms with Crippen LogP contribution in [-0.2, 0) is 22.1 Å². The first-order valence-electron chi connectivity index (χ1n) is 4.56. The van der Waals surface area contributed by atoms with Crippen LogP contribution in [0.25, 0.3) is 0 Å². The van der Waals surface area contributed by atoms with Gasteiger partial charge in [-0.25, -0.2) is 8.42 Å². The summed E-state index contributed by atoms with van der Waals surface area (Å²) in [5, 5.41) is 18.0. The van der Waals surface area contributed by atoms with Crippen LogP contribution in [0.1, 0.15) is 23.6 Å². The molecule has 0 aliphatic carbocycles. The first kappa shape index (κ1) is 13.0. The van der Waals surface area contributed by atoms with E-state index in [-0.39, 0.29) is 17.1 Å². The van der Waals surface area contributed by atoms with E-state index in [0.717, 1.165) is 0 Å². The standard InChI is InChI=1S/C10H10ClNO3S/c1-2-8-9(6-13)7(5-12)3-4-10(8)16(11,14)15/h3-4,13H,2,6H2,1H3. The summed E-state index contributed by atoms with van der Waals surface area (Å²) < 4.78 is 22.6. The van der Waals surface area contributed by atoms with Gasteiger partial charge in [-0.15, -0.1) is 0 Å². The average Bonchev–Trinajstić information content (AvgIpc) is 2.25. The number of hydrogen-bond donors (Lipinski definition) is 1. The molecule has 0 radical (unpaired) electrons. The molecule has 0 saturated heterocycles. The SMILES string of the molecule is CCc1c(S(=O)(=O)Cl)ccc(C#N)c1CO. The summed E-state index contributed by atoms with van der Waals surface area (Å²) in [5.41, 5.74) is 0.992. The minimum absolute atomic E-state index is 0.0419. The van der Waals surface area contributed by atoms with Gasteiger partial charge >= 0.3 is 0 Å². The van der Waals surface area contributed by atoms with E-state index in [1.54, 1.807) is 6.92 Å². The fourth-order valence-corrected chi connectivity index (χ4v) is 2.80. The second kappa shape index (κ2) is 4.83. The molecular formula is C10H10ClNO3S. The summed E-state index contributed by atoms with van der Waals surface area (Å²) in [4.78, 5) is -0.0419. The predicted molar refractivity (Wildman–Crippen MR) is 59.5 cm³/mol. The molecular weight excluding hydrogens is 250 g/mol. The van der Waals surface area contributed by atoms with Gasteiger partial charge in [-0.2, -0.15) is 5.26 Å². The molecule has 0 heterocycles. The van der Waals surface area contributed by atoms with Crippen LogP contribution in [0.15, 0.2) is 17.0 Å². The van der Waals surface area contributed by atoms with E-state index in [1.165, 1.54) is 12.1 Å². The van der Waals surface area contributed by atoms with Gasteiger partial charge in [-0.3, -0.25) is 0 Å². The zero-order valence-corrected chi connectivity index (χ0v) is 10.1. The summed E-state index contributed by atoms with van der Waals surface area (Å²) in [5.74, 6) is 0. The maximum Gasteiger partial charge on any atom is 0.261 e. The molecule has 1 aromatic carbocycles. The maximum atomic E-state index is 11.3. The van der Waals surface area contributed by atoms with Crippen molar-refractivity contribution in [2.75, 3.05) is 0 Å². The molecule has 0 saturated carbocycles. The molecule has 4 nitrogen and oxygen atoms in total. The van der Waals surface area contributed by atoms with Crippen molar-refractivity contribution in [3.63, 3.8) is 0 Å². The molecule has 0 aliphatic rings. The molecule has 16 heavy (non-hydrogen) atoms. The fourth-order valence-electron chi connectivity index (χ4n) is 1.57. The summed E-state index contributed by atoms with van der Waals surface area (Å²) >= 11 is 0. The number of hydrogen-bond acceptors (Lipinski definition) is 4. The van der Waals surface area contributed by atoms with Crippen molar-refractivity contribution < 1.29 is 13.5 Å². The van der Waals surface area contributed by atoms with Gasteiger partial charge in [0.05, 0.1) is 23.1 Å². The summed E-state index contributed by atoms with van der Waals surface area (Å²) in [7, 11) is 1.42. The number of aliphatic hydroxyl groups excluding tert-OH is 1. The number of halogens is 1. The molecule has 0 unspecified atom stereocenters. The Labute approximate surface area is 98.5 Å². The largest absolute Gasteiger partial charge is 0.392 e. The molecule has 0 amide bonds. The van der Waals surface area contributed by atoms with Crippen molar-refractivity contribution in [2.45, 2.75) is 24.8 Å². The summed E-state index contributed by atoms with van der Waals surface area (Å²) in [6.07, 6.45) is 0.382. The third-order valence-electron chi connectivity index (χ3n) is 2.28. The Morgan fingerprint density at radius 3 is 2.44 bits per heavy atom. The molecule has 0 aliphatic heterocycles. The highest BCUT2D eigenvalue weighted by atomic mass is 35.7. The number of nitrogens with zero attached hydrogens (tertiary/aromatic N) is 1. The van der Waals surface area contributed by atoms with Gasteiger partial charge in [0.25, 0.3) is 9.05 Å². The highest BCUT2D eigenvalue weighted by Crippen LogP contribution is 2.26. The zero-order valence-electron chi connectivity index (χ0n) is 8.57. The average molecular weight is 260 g/mol. The molecule has 6 heteroatoms. The van der Waals surface area contributed by atoms with Gasteiger partial charge in [0, 0.05) is 10.7 Å². The minimum Gasteiger partial charge on any atom is -0.392 e. The maximum absolute atomic E-state index is 11.3. The molecule has 86 valence electrons.